The first-order valence-electron chi connectivity index (χ1n) is 10.3. The van der Waals surface area contributed by atoms with Gasteiger partial charge in [0.15, 0.2) is 5.78 Å². The van der Waals surface area contributed by atoms with Gasteiger partial charge >= 0.3 is 0 Å². The third-order valence-corrected chi connectivity index (χ3v) is 8.57. The van der Waals surface area contributed by atoms with Gasteiger partial charge in [0.2, 0.25) is 0 Å². The molecule has 0 N–H and O–H groups in total. The summed E-state index contributed by atoms with van der Waals surface area (Å²) in [5.74, 6) is 8.08. The normalized spacial score (nSPS) is 47.2. The van der Waals surface area contributed by atoms with Crippen LogP contribution in [0.5, 0.6) is 0 Å². The number of carbonyl (C=O) groups is 1. The number of rotatable bonds is 2. The number of hydrogen-bond donors (Lipinski definition) is 0. The van der Waals surface area contributed by atoms with E-state index in [4.69, 9.17) is 6.42 Å². The van der Waals surface area contributed by atoms with Crippen molar-refractivity contribution in [2.75, 3.05) is 0 Å². The summed E-state index contributed by atoms with van der Waals surface area (Å²) in [5.41, 5.74) is 1.93. The molecule has 1 nitrogen and oxygen atoms in total. The fourth-order valence-electron chi connectivity index (χ4n) is 7.55. The summed E-state index contributed by atoms with van der Waals surface area (Å²) < 4.78 is 0. The highest BCUT2D eigenvalue weighted by Crippen LogP contribution is 2.66. The van der Waals surface area contributed by atoms with Gasteiger partial charge in [-0.3, -0.25) is 4.79 Å². The van der Waals surface area contributed by atoms with E-state index in [1.807, 2.05) is 6.08 Å². The predicted molar refractivity (Wildman–Crippen MR) is 98.2 cm³/mol. The fourth-order valence-corrected chi connectivity index (χ4v) is 7.55. The zero-order valence-corrected chi connectivity index (χ0v) is 15.4. The maximum atomic E-state index is 11.9. The standard InChI is InChI=1S/C23H32O/c1-4-15-13-16-14-18(24)8-9-19(16)20-11-12-23(6-3)17(5-2)7-10-21(23)22(15)20/h2,14-15,17,19-22H,4,6-13H2,1,3H3/t15-,17-,19-,20+,21-,22+,23+/m0/s1. The molecule has 0 aromatic heterocycles. The minimum Gasteiger partial charge on any atom is -0.295 e. The van der Waals surface area contributed by atoms with E-state index in [2.05, 4.69) is 19.8 Å². The fraction of sp³-hybridized carbons (Fsp3) is 0.783. The van der Waals surface area contributed by atoms with Crippen molar-refractivity contribution in [1.29, 1.82) is 0 Å². The first kappa shape index (κ1) is 16.4. The lowest BCUT2D eigenvalue weighted by atomic mass is 9.47. The Labute approximate surface area is 147 Å². The maximum Gasteiger partial charge on any atom is 0.155 e. The SMILES string of the molecule is C#C[C@H]1CC[C@H]2[C@@H]3[C@@H](CC)CC4=CC(=O)CC[C@@H]4[C@H]3CC[C@]12CC. The van der Waals surface area contributed by atoms with Gasteiger partial charge in [0.25, 0.3) is 0 Å². The second-order valence-electron chi connectivity index (χ2n) is 8.97. The van der Waals surface area contributed by atoms with Crippen LogP contribution >= 0.6 is 0 Å². The van der Waals surface area contributed by atoms with Crippen LogP contribution in [0.1, 0.15) is 71.6 Å². The molecule has 0 heterocycles. The molecule has 3 saturated carbocycles. The molecule has 0 spiro atoms. The van der Waals surface area contributed by atoms with Gasteiger partial charge < -0.3 is 0 Å². The van der Waals surface area contributed by atoms with Crippen LogP contribution < -0.4 is 0 Å². The highest BCUT2D eigenvalue weighted by molar-refractivity contribution is 5.91. The predicted octanol–water partition coefficient (Wildman–Crippen LogP) is 5.40. The minimum absolute atomic E-state index is 0.376. The Kier molecular flexibility index (Phi) is 4.14. The summed E-state index contributed by atoms with van der Waals surface area (Å²) in [6.45, 7) is 4.75. The molecule has 0 radical (unpaired) electrons. The van der Waals surface area contributed by atoms with Crippen LogP contribution in [0.3, 0.4) is 0 Å². The molecule has 24 heavy (non-hydrogen) atoms. The van der Waals surface area contributed by atoms with Crippen molar-refractivity contribution >= 4 is 5.78 Å². The number of ketones is 1. The number of hydrogen-bond acceptors (Lipinski definition) is 1. The summed E-state index contributed by atoms with van der Waals surface area (Å²) >= 11 is 0. The zero-order chi connectivity index (χ0) is 16.9. The first-order valence-corrected chi connectivity index (χ1v) is 10.3. The molecule has 0 saturated heterocycles. The molecule has 0 aliphatic heterocycles. The van der Waals surface area contributed by atoms with Gasteiger partial charge in [-0.05, 0) is 86.0 Å². The van der Waals surface area contributed by atoms with Gasteiger partial charge in [0.1, 0.15) is 0 Å². The lowest BCUT2D eigenvalue weighted by molar-refractivity contribution is -0.116. The quantitative estimate of drug-likeness (QED) is 0.621. The third kappa shape index (κ3) is 2.18. The van der Waals surface area contributed by atoms with E-state index in [1.54, 1.807) is 0 Å². The van der Waals surface area contributed by atoms with Crippen molar-refractivity contribution in [1.82, 2.24) is 0 Å². The molecule has 0 aromatic carbocycles. The van der Waals surface area contributed by atoms with Gasteiger partial charge in [0, 0.05) is 12.3 Å². The molecule has 4 aliphatic rings. The Morgan fingerprint density at radius 2 is 2.08 bits per heavy atom. The lowest BCUT2D eigenvalue weighted by Crippen LogP contribution is -2.50. The van der Waals surface area contributed by atoms with Crippen LogP contribution in [-0.4, -0.2) is 5.78 Å². The third-order valence-electron chi connectivity index (χ3n) is 8.57. The van der Waals surface area contributed by atoms with Crippen molar-refractivity contribution in [2.24, 2.45) is 40.9 Å². The highest BCUT2D eigenvalue weighted by Gasteiger charge is 2.59. The average molecular weight is 325 g/mol. The van der Waals surface area contributed by atoms with Crippen molar-refractivity contribution in [3.63, 3.8) is 0 Å². The number of fused-ring (bicyclic) bond motifs is 5. The van der Waals surface area contributed by atoms with Gasteiger partial charge in [-0.25, -0.2) is 0 Å². The van der Waals surface area contributed by atoms with Gasteiger partial charge in [-0.1, -0.05) is 25.8 Å². The summed E-state index contributed by atoms with van der Waals surface area (Å²) in [7, 11) is 0. The second-order valence-corrected chi connectivity index (χ2v) is 8.97. The van der Waals surface area contributed by atoms with E-state index in [-0.39, 0.29) is 0 Å². The molecule has 130 valence electrons. The zero-order valence-electron chi connectivity index (χ0n) is 15.4. The molecule has 0 bridgehead atoms. The van der Waals surface area contributed by atoms with E-state index in [0.29, 0.717) is 23.0 Å². The molecular formula is C23H32O. The number of terminal acetylenes is 1. The summed E-state index contributed by atoms with van der Waals surface area (Å²) in [5, 5.41) is 0. The second kappa shape index (κ2) is 6.05. The topological polar surface area (TPSA) is 17.1 Å². The van der Waals surface area contributed by atoms with Crippen LogP contribution in [-0.2, 0) is 4.79 Å². The molecular weight excluding hydrogens is 292 g/mol. The maximum absolute atomic E-state index is 11.9. The molecule has 0 unspecified atom stereocenters. The molecule has 0 aromatic rings. The van der Waals surface area contributed by atoms with E-state index in [9.17, 15) is 4.79 Å². The van der Waals surface area contributed by atoms with Gasteiger partial charge in [0.05, 0.1) is 0 Å². The van der Waals surface area contributed by atoms with Crippen LogP contribution in [0.15, 0.2) is 11.6 Å². The van der Waals surface area contributed by atoms with E-state index >= 15 is 0 Å². The molecule has 0 amide bonds. The van der Waals surface area contributed by atoms with Crippen molar-refractivity contribution in [3.05, 3.63) is 11.6 Å². The Balaban J connectivity index is 1.71. The molecule has 1 heteroatoms. The van der Waals surface area contributed by atoms with Gasteiger partial charge in [-0.15, -0.1) is 12.3 Å². The largest absolute Gasteiger partial charge is 0.295 e. The van der Waals surface area contributed by atoms with Crippen LogP contribution in [0.25, 0.3) is 0 Å². The summed E-state index contributed by atoms with van der Waals surface area (Å²) in [4.78, 5) is 11.9. The lowest BCUT2D eigenvalue weighted by Gasteiger charge is -2.57. The molecule has 3 fully saturated rings. The number of carbonyl (C=O) groups excluding carboxylic acids is 1. The van der Waals surface area contributed by atoms with Crippen molar-refractivity contribution < 1.29 is 4.79 Å². The first-order chi connectivity index (χ1) is 11.6. The Morgan fingerprint density at radius 3 is 2.79 bits per heavy atom. The van der Waals surface area contributed by atoms with Gasteiger partial charge in [-0.2, -0.15) is 0 Å². The van der Waals surface area contributed by atoms with Crippen molar-refractivity contribution in [3.8, 4) is 12.3 Å². The monoisotopic (exact) mass is 324 g/mol. The Bertz CT molecular complexity index is 594. The number of allylic oxidation sites excluding steroid dienone is 1. The van der Waals surface area contributed by atoms with E-state index in [1.165, 1.54) is 50.5 Å². The summed E-state index contributed by atoms with van der Waals surface area (Å²) in [6.07, 6.45) is 18.9. The Morgan fingerprint density at radius 1 is 1.25 bits per heavy atom. The molecule has 4 aliphatic carbocycles. The van der Waals surface area contributed by atoms with E-state index in [0.717, 1.165) is 36.5 Å². The van der Waals surface area contributed by atoms with Crippen molar-refractivity contribution in [2.45, 2.75) is 71.6 Å². The highest BCUT2D eigenvalue weighted by atomic mass is 16.1. The minimum atomic E-state index is 0.376. The van der Waals surface area contributed by atoms with Crippen LogP contribution in [0.2, 0.25) is 0 Å². The van der Waals surface area contributed by atoms with Crippen LogP contribution in [0, 0.1) is 53.3 Å². The van der Waals surface area contributed by atoms with Crippen LogP contribution in [0.4, 0.5) is 0 Å². The van der Waals surface area contributed by atoms with E-state index < -0.39 is 0 Å². The average Bonchev–Trinajstić information content (AvgIpc) is 2.99. The molecule has 7 atom stereocenters. The Hall–Kier alpha value is -1.03. The smallest absolute Gasteiger partial charge is 0.155 e. The molecule has 4 rings (SSSR count). The summed E-state index contributed by atoms with van der Waals surface area (Å²) in [6, 6.07) is 0.